The molecule has 11 heteroatoms. The Morgan fingerprint density at radius 1 is 1.17 bits per heavy atom. The van der Waals surface area contributed by atoms with Crippen LogP contribution in [0, 0.1) is 10.1 Å². The van der Waals surface area contributed by atoms with Crippen LogP contribution in [0.3, 0.4) is 0 Å². The molecule has 0 atom stereocenters. The van der Waals surface area contributed by atoms with E-state index in [0.717, 1.165) is 6.07 Å². The van der Waals surface area contributed by atoms with E-state index < -0.39 is 28.3 Å². The van der Waals surface area contributed by atoms with E-state index in [1.165, 1.54) is 50.4 Å². The summed E-state index contributed by atoms with van der Waals surface area (Å²) in [6.45, 7) is 1.22. The fourth-order valence-corrected chi connectivity index (χ4v) is 2.17. The van der Waals surface area contributed by atoms with Gasteiger partial charge in [0.25, 0.3) is 11.6 Å². The molecular formula is C18H16N4O7. The minimum absolute atomic E-state index is 0.0358. The number of methoxy groups -OCH3 is 1. The molecular weight excluding hydrogens is 384 g/mol. The smallest absolute Gasteiger partial charge is 0.335 e. The number of amides is 1. The predicted molar refractivity (Wildman–Crippen MR) is 102 cm³/mol. The lowest BCUT2D eigenvalue weighted by atomic mass is 10.2. The van der Waals surface area contributed by atoms with Gasteiger partial charge < -0.3 is 20.3 Å². The van der Waals surface area contributed by atoms with Gasteiger partial charge in [0.15, 0.2) is 11.4 Å². The molecule has 2 rings (SSSR count). The standard InChI is InChI=1S/C18H16N4O7/c1-10(23)16(17(24)19-12-5-3-4-11(8-12)18(25)26)21-20-14-7-6-13(22(27)28)9-15(14)29-2/h3-9,23H,1-2H3,(H,19,24)(H,25,26). The van der Waals surface area contributed by atoms with Crippen molar-refractivity contribution in [1.82, 2.24) is 0 Å². The van der Waals surface area contributed by atoms with Gasteiger partial charge in [-0.2, -0.15) is 0 Å². The van der Waals surface area contributed by atoms with Gasteiger partial charge in [0.2, 0.25) is 0 Å². The molecule has 0 aliphatic rings. The molecule has 0 unspecified atom stereocenters. The first kappa shape index (κ1) is 21.0. The SMILES string of the molecule is COc1cc([N+](=O)[O-])ccc1N=NC(C(=O)Nc1cccc(C(=O)O)c1)=C(C)O. The number of nitro benzene ring substituents is 1. The third-order valence-corrected chi connectivity index (χ3v) is 3.56. The molecule has 1 amide bonds. The van der Waals surface area contributed by atoms with Gasteiger partial charge in [-0.15, -0.1) is 10.2 Å². The van der Waals surface area contributed by atoms with Gasteiger partial charge in [-0.05, 0) is 31.2 Å². The molecule has 2 aromatic rings. The molecule has 0 fully saturated rings. The largest absolute Gasteiger partial charge is 0.510 e. The number of carboxylic acid groups (broad SMARTS) is 1. The summed E-state index contributed by atoms with van der Waals surface area (Å²) in [5.41, 5.74) is -0.419. The van der Waals surface area contributed by atoms with Crippen LogP contribution in [0.15, 0.2) is 64.1 Å². The number of rotatable bonds is 7. The molecule has 0 saturated carbocycles. The summed E-state index contributed by atoms with van der Waals surface area (Å²) in [4.78, 5) is 33.6. The van der Waals surface area contributed by atoms with E-state index in [2.05, 4.69) is 15.5 Å². The average Bonchev–Trinajstić information content (AvgIpc) is 2.67. The Morgan fingerprint density at radius 2 is 1.90 bits per heavy atom. The number of aromatic carboxylic acids is 1. The number of benzene rings is 2. The fraction of sp³-hybridized carbons (Fsp3) is 0.111. The highest BCUT2D eigenvalue weighted by atomic mass is 16.6. The van der Waals surface area contributed by atoms with Gasteiger partial charge in [-0.1, -0.05) is 6.07 Å². The summed E-state index contributed by atoms with van der Waals surface area (Å²) >= 11 is 0. The molecule has 0 aliphatic carbocycles. The number of anilines is 1. The summed E-state index contributed by atoms with van der Waals surface area (Å²) in [6.07, 6.45) is 0. The maximum absolute atomic E-state index is 12.4. The zero-order valence-electron chi connectivity index (χ0n) is 15.3. The van der Waals surface area contributed by atoms with Gasteiger partial charge >= 0.3 is 5.97 Å². The van der Waals surface area contributed by atoms with Crippen molar-refractivity contribution in [3.63, 3.8) is 0 Å². The normalized spacial score (nSPS) is 11.7. The number of nitrogens with one attached hydrogen (secondary N) is 1. The van der Waals surface area contributed by atoms with Crippen molar-refractivity contribution < 1.29 is 29.5 Å². The predicted octanol–water partition coefficient (Wildman–Crippen LogP) is 3.81. The van der Waals surface area contributed by atoms with Crippen LogP contribution in [0.4, 0.5) is 17.1 Å². The molecule has 150 valence electrons. The number of carbonyl (C=O) groups excluding carboxylic acids is 1. The topological polar surface area (TPSA) is 164 Å². The second-order valence-electron chi connectivity index (χ2n) is 5.59. The highest BCUT2D eigenvalue weighted by Crippen LogP contribution is 2.32. The van der Waals surface area contributed by atoms with Crippen molar-refractivity contribution in [2.75, 3.05) is 12.4 Å². The lowest BCUT2D eigenvalue weighted by Crippen LogP contribution is -2.15. The van der Waals surface area contributed by atoms with Crippen molar-refractivity contribution in [2.24, 2.45) is 10.2 Å². The Kier molecular flexibility index (Phi) is 6.58. The van der Waals surface area contributed by atoms with Gasteiger partial charge in [0.1, 0.15) is 11.4 Å². The second-order valence-corrected chi connectivity index (χ2v) is 5.59. The molecule has 0 bridgehead atoms. The molecule has 3 N–H and O–H groups in total. The van der Waals surface area contributed by atoms with E-state index in [0.29, 0.717) is 0 Å². The van der Waals surface area contributed by atoms with Gasteiger partial charge in [-0.25, -0.2) is 4.79 Å². The number of aliphatic hydroxyl groups is 1. The number of nitro groups is 1. The zero-order chi connectivity index (χ0) is 21.6. The van der Waals surface area contributed by atoms with Crippen LogP contribution in [0.2, 0.25) is 0 Å². The zero-order valence-corrected chi connectivity index (χ0v) is 15.3. The molecule has 0 aromatic heterocycles. The molecule has 11 nitrogen and oxygen atoms in total. The van der Waals surface area contributed by atoms with Crippen molar-refractivity contribution >= 4 is 28.9 Å². The highest BCUT2D eigenvalue weighted by molar-refractivity contribution is 6.04. The van der Waals surface area contributed by atoms with E-state index in [-0.39, 0.29) is 28.4 Å². The van der Waals surface area contributed by atoms with Crippen molar-refractivity contribution in [3.8, 4) is 5.75 Å². The number of azo groups is 1. The maximum atomic E-state index is 12.4. The van der Waals surface area contributed by atoms with E-state index in [1.807, 2.05) is 0 Å². The first-order valence-electron chi connectivity index (χ1n) is 8.01. The Morgan fingerprint density at radius 3 is 2.48 bits per heavy atom. The van der Waals surface area contributed by atoms with Crippen LogP contribution in [0.5, 0.6) is 5.75 Å². The Labute approximate surface area is 164 Å². The average molecular weight is 400 g/mol. The van der Waals surface area contributed by atoms with Gasteiger partial charge in [-0.3, -0.25) is 14.9 Å². The first-order valence-corrected chi connectivity index (χ1v) is 8.01. The minimum atomic E-state index is -1.17. The maximum Gasteiger partial charge on any atom is 0.335 e. The van der Waals surface area contributed by atoms with Crippen LogP contribution >= 0.6 is 0 Å². The number of allylic oxidation sites excluding steroid dienone is 1. The summed E-state index contributed by atoms with van der Waals surface area (Å²) in [5.74, 6) is -2.40. The first-order chi connectivity index (χ1) is 13.7. The van der Waals surface area contributed by atoms with E-state index in [4.69, 9.17) is 9.84 Å². The Bertz CT molecular complexity index is 1030. The number of nitrogens with zero attached hydrogens (tertiary/aromatic N) is 3. The molecule has 0 aliphatic heterocycles. The molecule has 0 radical (unpaired) electrons. The minimum Gasteiger partial charge on any atom is -0.510 e. The molecule has 29 heavy (non-hydrogen) atoms. The monoisotopic (exact) mass is 400 g/mol. The number of ether oxygens (including phenoxy) is 1. The van der Waals surface area contributed by atoms with Crippen LogP contribution < -0.4 is 10.1 Å². The highest BCUT2D eigenvalue weighted by Gasteiger charge is 2.16. The number of non-ortho nitro benzene ring substituents is 1. The van der Waals surface area contributed by atoms with Crippen LogP contribution in [-0.4, -0.2) is 34.1 Å². The Balaban J connectivity index is 2.28. The summed E-state index contributed by atoms with van der Waals surface area (Å²) in [7, 11) is 1.29. The van der Waals surface area contributed by atoms with Crippen LogP contribution in [0.25, 0.3) is 0 Å². The number of aliphatic hydroxyl groups excluding tert-OH is 1. The third-order valence-electron chi connectivity index (χ3n) is 3.56. The molecule has 0 saturated heterocycles. The molecule has 0 spiro atoms. The van der Waals surface area contributed by atoms with Gasteiger partial charge in [0.05, 0.1) is 23.7 Å². The van der Waals surface area contributed by atoms with E-state index >= 15 is 0 Å². The number of hydrogen-bond acceptors (Lipinski definition) is 8. The number of hydrogen-bond donors (Lipinski definition) is 3. The summed E-state index contributed by atoms with van der Waals surface area (Å²) in [6, 6.07) is 9.10. The van der Waals surface area contributed by atoms with Crippen molar-refractivity contribution in [2.45, 2.75) is 6.92 Å². The fourth-order valence-electron chi connectivity index (χ4n) is 2.17. The second kappa shape index (κ2) is 9.08. The number of carboxylic acids is 1. The van der Waals surface area contributed by atoms with E-state index in [1.54, 1.807) is 0 Å². The van der Waals surface area contributed by atoms with Crippen molar-refractivity contribution in [3.05, 3.63) is 69.6 Å². The Hall–Kier alpha value is -4.28. The molecule has 0 heterocycles. The summed E-state index contributed by atoms with van der Waals surface area (Å²) in [5, 5.41) is 39.5. The van der Waals surface area contributed by atoms with E-state index in [9.17, 15) is 24.8 Å². The van der Waals surface area contributed by atoms with Crippen LogP contribution in [0.1, 0.15) is 17.3 Å². The molecule has 2 aromatic carbocycles. The van der Waals surface area contributed by atoms with Crippen molar-refractivity contribution in [1.29, 1.82) is 0 Å². The van der Waals surface area contributed by atoms with Gasteiger partial charge in [0, 0.05) is 11.8 Å². The lowest BCUT2D eigenvalue weighted by Gasteiger charge is -2.07. The quantitative estimate of drug-likeness (QED) is 0.209. The van der Waals surface area contributed by atoms with Crippen LogP contribution in [-0.2, 0) is 4.79 Å². The lowest BCUT2D eigenvalue weighted by molar-refractivity contribution is -0.384. The number of carbonyl (C=O) groups is 2. The third kappa shape index (κ3) is 5.35. The summed E-state index contributed by atoms with van der Waals surface area (Å²) < 4.78 is 5.03.